The standard InChI is InChI=1S/C17H17Cl2N5O2/c18-11-2-1-9(7-12(11)19)24-6-4-14(17(24)26)21-16(25)15-10-8-20-5-3-13(10)22-23-15/h1-2,7,14,20H,3-6,8H2,(H,21,25)(H,22,23). The predicted octanol–water partition coefficient (Wildman–Crippen LogP) is 1.90. The number of H-pyrrole nitrogens is 1. The van der Waals surface area contributed by atoms with Crippen molar-refractivity contribution in [2.24, 2.45) is 0 Å². The van der Waals surface area contributed by atoms with Gasteiger partial charge >= 0.3 is 0 Å². The predicted molar refractivity (Wildman–Crippen MR) is 98.7 cm³/mol. The van der Waals surface area contributed by atoms with Gasteiger partial charge in [-0.05, 0) is 24.6 Å². The minimum absolute atomic E-state index is 0.167. The molecule has 2 aliphatic rings. The summed E-state index contributed by atoms with van der Waals surface area (Å²) in [6.45, 7) is 1.96. The average Bonchev–Trinajstić information content (AvgIpc) is 3.22. The molecule has 9 heteroatoms. The zero-order valence-electron chi connectivity index (χ0n) is 13.8. The van der Waals surface area contributed by atoms with Gasteiger partial charge in [0.25, 0.3) is 5.91 Å². The van der Waals surface area contributed by atoms with Gasteiger partial charge in [0.15, 0.2) is 5.69 Å². The Balaban J connectivity index is 1.48. The molecule has 1 unspecified atom stereocenters. The maximum atomic E-state index is 12.7. The number of fused-ring (bicyclic) bond motifs is 1. The second-order valence-corrected chi connectivity index (χ2v) is 7.17. The number of rotatable bonds is 3. The number of aromatic nitrogens is 2. The number of nitrogens with zero attached hydrogens (tertiary/aromatic N) is 2. The van der Waals surface area contributed by atoms with Crippen LogP contribution in [-0.4, -0.2) is 41.1 Å². The third-order valence-corrected chi connectivity index (χ3v) is 5.49. The second-order valence-electron chi connectivity index (χ2n) is 6.36. The van der Waals surface area contributed by atoms with E-state index in [1.165, 1.54) is 0 Å². The summed E-state index contributed by atoms with van der Waals surface area (Å²) in [5.41, 5.74) is 2.88. The van der Waals surface area contributed by atoms with Crippen molar-refractivity contribution < 1.29 is 9.59 Å². The summed E-state index contributed by atoms with van der Waals surface area (Å²) in [4.78, 5) is 26.9. The number of nitrogens with one attached hydrogen (secondary N) is 3. The Morgan fingerprint density at radius 1 is 1.31 bits per heavy atom. The molecule has 3 heterocycles. The van der Waals surface area contributed by atoms with Crippen LogP contribution in [0.15, 0.2) is 18.2 Å². The van der Waals surface area contributed by atoms with E-state index < -0.39 is 6.04 Å². The van der Waals surface area contributed by atoms with E-state index in [0.717, 1.165) is 24.2 Å². The molecule has 0 spiro atoms. The minimum atomic E-state index is -0.583. The second kappa shape index (κ2) is 6.90. The Morgan fingerprint density at radius 2 is 2.15 bits per heavy atom. The first kappa shape index (κ1) is 17.3. The molecule has 0 saturated carbocycles. The van der Waals surface area contributed by atoms with Crippen LogP contribution in [0.25, 0.3) is 0 Å². The van der Waals surface area contributed by atoms with E-state index in [2.05, 4.69) is 20.8 Å². The van der Waals surface area contributed by atoms with E-state index in [-0.39, 0.29) is 11.8 Å². The van der Waals surface area contributed by atoms with Crippen molar-refractivity contribution in [2.75, 3.05) is 18.0 Å². The number of carbonyl (C=O) groups is 2. The van der Waals surface area contributed by atoms with Gasteiger partial charge in [0.2, 0.25) is 5.91 Å². The summed E-state index contributed by atoms with van der Waals surface area (Å²) in [5, 5.41) is 13.9. The summed E-state index contributed by atoms with van der Waals surface area (Å²) in [5.74, 6) is -0.500. The summed E-state index contributed by atoms with van der Waals surface area (Å²) >= 11 is 12.0. The fourth-order valence-electron chi connectivity index (χ4n) is 3.36. The SMILES string of the molecule is O=C(NC1CCN(c2ccc(Cl)c(Cl)c2)C1=O)c1n[nH]c2c1CNCC2. The summed E-state index contributed by atoms with van der Waals surface area (Å²) in [6, 6.07) is 4.47. The highest BCUT2D eigenvalue weighted by Gasteiger charge is 2.35. The number of hydrogen-bond donors (Lipinski definition) is 3. The molecular weight excluding hydrogens is 377 g/mol. The smallest absolute Gasteiger partial charge is 0.272 e. The highest BCUT2D eigenvalue weighted by molar-refractivity contribution is 6.42. The zero-order chi connectivity index (χ0) is 18.3. The Bertz CT molecular complexity index is 882. The minimum Gasteiger partial charge on any atom is -0.339 e. The van der Waals surface area contributed by atoms with Crippen LogP contribution < -0.4 is 15.5 Å². The highest BCUT2D eigenvalue weighted by atomic mass is 35.5. The lowest BCUT2D eigenvalue weighted by atomic mass is 10.1. The van der Waals surface area contributed by atoms with Crippen LogP contribution in [0.3, 0.4) is 0 Å². The number of anilines is 1. The monoisotopic (exact) mass is 393 g/mol. The van der Waals surface area contributed by atoms with E-state index in [9.17, 15) is 9.59 Å². The Hall–Kier alpha value is -2.09. The van der Waals surface area contributed by atoms with Crippen molar-refractivity contribution in [1.29, 1.82) is 0 Å². The van der Waals surface area contributed by atoms with Crippen molar-refractivity contribution in [1.82, 2.24) is 20.8 Å². The molecule has 7 nitrogen and oxygen atoms in total. The lowest BCUT2D eigenvalue weighted by Gasteiger charge is -2.18. The van der Waals surface area contributed by atoms with Crippen LogP contribution in [0.2, 0.25) is 10.0 Å². The Labute approximate surface area is 160 Å². The summed E-state index contributed by atoms with van der Waals surface area (Å²) in [7, 11) is 0. The molecule has 2 aromatic rings. The van der Waals surface area contributed by atoms with Crippen LogP contribution in [0.1, 0.15) is 28.2 Å². The van der Waals surface area contributed by atoms with E-state index >= 15 is 0 Å². The number of benzene rings is 1. The fourth-order valence-corrected chi connectivity index (χ4v) is 3.66. The summed E-state index contributed by atoms with van der Waals surface area (Å²) in [6.07, 6.45) is 1.33. The van der Waals surface area contributed by atoms with Crippen molar-refractivity contribution >= 4 is 40.7 Å². The Kier molecular flexibility index (Phi) is 4.60. The largest absolute Gasteiger partial charge is 0.339 e. The molecule has 3 N–H and O–H groups in total. The maximum absolute atomic E-state index is 12.7. The van der Waals surface area contributed by atoms with Gasteiger partial charge in [0.1, 0.15) is 6.04 Å². The van der Waals surface area contributed by atoms with Gasteiger partial charge in [-0.15, -0.1) is 0 Å². The molecular formula is C17H17Cl2N5O2. The lowest BCUT2D eigenvalue weighted by molar-refractivity contribution is -0.118. The van der Waals surface area contributed by atoms with E-state index in [1.54, 1.807) is 23.1 Å². The van der Waals surface area contributed by atoms with Gasteiger partial charge in [-0.2, -0.15) is 5.10 Å². The molecule has 0 aliphatic carbocycles. The fraction of sp³-hybridized carbons (Fsp3) is 0.353. The topological polar surface area (TPSA) is 90.1 Å². The molecule has 2 aliphatic heterocycles. The van der Waals surface area contributed by atoms with Crippen LogP contribution in [0.5, 0.6) is 0 Å². The van der Waals surface area contributed by atoms with Gasteiger partial charge < -0.3 is 15.5 Å². The maximum Gasteiger partial charge on any atom is 0.272 e. The van der Waals surface area contributed by atoms with Gasteiger partial charge in [0, 0.05) is 43.0 Å². The van der Waals surface area contributed by atoms with Gasteiger partial charge in [-0.3, -0.25) is 14.7 Å². The normalized spacial score (nSPS) is 19.5. The molecule has 1 saturated heterocycles. The third-order valence-electron chi connectivity index (χ3n) is 4.75. The van der Waals surface area contributed by atoms with E-state index in [1.807, 2.05) is 0 Å². The van der Waals surface area contributed by atoms with Crippen molar-refractivity contribution in [3.63, 3.8) is 0 Å². The molecule has 136 valence electrons. The van der Waals surface area contributed by atoms with Crippen LogP contribution in [0, 0.1) is 0 Å². The molecule has 1 aromatic heterocycles. The number of carbonyl (C=O) groups excluding carboxylic acids is 2. The molecule has 26 heavy (non-hydrogen) atoms. The van der Waals surface area contributed by atoms with Crippen LogP contribution in [-0.2, 0) is 17.8 Å². The van der Waals surface area contributed by atoms with Crippen LogP contribution >= 0.6 is 23.2 Å². The number of hydrogen-bond acceptors (Lipinski definition) is 4. The first-order chi connectivity index (χ1) is 12.5. The molecule has 2 amide bonds. The van der Waals surface area contributed by atoms with Gasteiger partial charge in [0.05, 0.1) is 10.0 Å². The average molecular weight is 394 g/mol. The number of halogens is 2. The molecule has 1 aromatic carbocycles. The quantitative estimate of drug-likeness (QED) is 0.742. The highest BCUT2D eigenvalue weighted by Crippen LogP contribution is 2.29. The van der Waals surface area contributed by atoms with Gasteiger partial charge in [-0.25, -0.2) is 0 Å². The number of amides is 2. The summed E-state index contributed by atoms with van der Waals surface area (Å²) < 4.78 is 0. The first-order valence-corrected chi connectivity index (χ1v) is 9.14. The van der Waals surface area contributed by atoms with Crippen molar-refractivity contribution in [2.45, 2.75) is 25.4 Å². The first-order valence-electron chi connectivity index (χ1n) is 8.38. The lowest BCUT2D eigenvalue weighted by Crippen LogP contribution is -2.42. The molecule has 0 bridgehead atoms. The molecule has 4 rings (SSSR count). The zero-order valence-corrected chi connectivity index (χ0v) is 15.3. The Morgan fingerprint density at radius 3 is 2.96 bits per heavy atom. The number of aromatic amines is 1. The molecule has 0 radical (unpaired) electrons. The van der Waals surface area contributed by atoms with Crippen LogP contribution in [0.4, 0.5) is 5.69 Å². The van der Waals surface area contributed by atoms with Gasteiger partial charge in [-0.1, -0.05) is 23.2 Å². The molecule has 1 atom stereocenters. The van der Waals surface area contributed by atoms with E-state index in [0.29, 0.717) is 40.9 Å². The third kappa shape index (κ3) is 3.06. The van der Waals surface area contributed by atoms with Crippen molar-refractivity contribution in [3.8, 4) is 0 Å². The van der Waals surface area contributed by atoms with E-state index in [4.69, 9.17) is 23.2 Å². The van der Waals surface area contributed by atoms with Crippen molar-refractivity contribution in [3.05, 3.63) is 45.2 Å². The molecule has 1 fully saturated rings.